The molecule has 0 saturated carbocycles. The summed E-state index contributed by atoms with van der Waals surface area (Å²) in [5, 5.41) is 2.75. The summed E-state index contributed by atoms with van der Waals surface area (Å²) in [5.41, 5.74) is 1.44. The first kappa shape index (κ1) is 16.7. The molecule has 1 N–H and O–H groups in total. The Morgan fingerprint density at radius 3 is 2.70 bits per heavy atom. The number of benzene rings is 2. The second-order valence-corrected chi connectivity index (χ2v) is 4.94. The third kappa shape index (κ3) is 5.25. The van der Waals surface area contributed by atoms with Crippen molar-refractivity contribution in [1.82, 2.24) is 5.32 Å². The summed E-state index contributed by atoms with van der Waals surface area (Å²) >= 11 is 0. The highest BCUT2D eigenvalue weighted by Crippen LogP contribution is 2.19. The molecule has 3 nitrogen and oxygen atoms in total. The minimum atomic E-state index is -0.247. The second-order valence-electron chi connectivity index (χ2n) is 4.94. The molecule has 120 valence electrons. The average Bonchev–Trinajstić information content (AvgIpc) is 2.56. The van der Waals surface area contributed by atoms with E-state index >= 15 is 0 Å². The number of ether oxygens (including phenoxy) is 1. The first-order chi connectivity index (χ1) is 11.2. The fourth-order valence-electron chi connectivity index (χ4n) is 2.15. The highest BCUT2D eigenvalue weighted by molar-refractivity contribution is 5.92. The van der Waals surface area contributed by atoms with E-state index in [1.54, 1.807) is 24.3 Å². The summed E-state index contributed by atoms with van der Waals surface area (Å²) in [7, 11) is 0. The zero-order valence-electron chi connectivity index (χ0n) is 13.1. The maximum atomic E-state index is 13.5. The van der Waals surface area contributed by atoms with E-state index in [0.29, 0.717) is 25.1 Å². The van der Waals surface area contributed by atoms with Crippen LogP contribution in [0.25, 0.3) is 6.08 Å². The molecule has 2 rings (SSSR count). The summed E-state index contributed by atoms with van der Waals surface area (Å²) in [6, 6.07) is 14.1. The zero-order valence-corrected chi connectivity index (χ0v) is 13.1. The van der Waals surface area contributed by atoms with Crippen molar-refractivity contribution >= 4 is 12.0 Å². The van der Waals surface area contributed by atoms with Gasteiger partial charge in [0.25, 0.3) is 0 Å². The first-order valence-corrected chi connectivity index (χ1v) is 7.62. The minimum Gasteiger partial charge on any atom is -0.493 e. The van der Waals surface area contributed by atoms with Crippen molar-refractivity contribution in [1.29, 1.82) is 0 Å². The predicted octanol–water partition coefficient (Wildman–Crippen LogP) is 3.60. The first-order valence-electron chi connectivity index (χ1n) is 7.62. The summed E-state index contributed by atoms with van der Waals surface area (Å²) in [6.45, 7) is 2.87. The van der Waals surface area contributed by atoms with Gasteiger partial charge in [-0.05, 0) is 37.1 Å². The van der Waals surface area contributed by atoms with E-state index in [-0.39, 0.29) is 11.7 Å². The molecule has 0 aromatic heterocycles. The van der Waals surface area contributed by atoms with Crippen LogP contribution in [0.2, 0.25) is 0 Å². The molecule has 0 spiro atoms. The molecule has 0 radical (unpaired) electrons. The molecule has 0 aliphatic carbocycles. The Balaban J connectivity index is 1.86. The van der Waals surface area contributed by atoms with Crippen molar-refractivity contribution in [3.05, 3.63) is 71.6 Å². The van der Waals surface area contributed by atoms with Gasteiger partial charge in [-0.1, -0.05) is 36.4 Å². The summed E-state index contributed by atoms with van der Waals surface area (Å²) in [5.74, 6) is 0.279. The van der Waals surface area contributed by atoms with Gasteiger partial charge in [0.15, 0.2) is 0 Å². The van der Waals surface area contributed by atoms with E-state index in [1.165, 1.54) is 12.1 Å². The highest BCUT2D eigenvalue weighted by atomic mass is 19.1. The Bertz CT molecular complexity index is 683. The molecule has 2 aromatic carbocycles. The highest BCUT2D eigenvalue weighted by Gasteiger charge is 2.02. The predicted molar refractivity (Wildman–Crippen MR) is 89.8 cm³/mol. The number of amides is 1. The average molecular weight is 313 g/mol. The van der Waals surface area contributed by atoms with E-state index in [4.69, 9.17) is 4.74 Å². The molecule has 0 bridgehead atoms. The van der Waals surface area contributed by atoms with Crippen LogP contribution in [-0.4, -0.2) is 19.1 Å². The van der Waals surface area contributed by atoms with Crippen molar-refractivity contribution in [3.8, 4) is 5.75 Å². The molecule has 0 fully saturated rings. The van der Waals surface area contributed by atoms with Crippen LogP contribution in [0.3, 0.4) is 0 Å². The van der Waals surface area contributed by atoms with Gasteiger partial charge in [-0.2, -0.15) is 0 Å². The van der Waals surface area contributed by atoms with Crippen molar-refractivity contribution in [2.45, 2.75) is 13.3 Å². The van der Waals surface area contributed by atoms with Gasteiger partial charge in [0.05, 0.1) is 6.61 Å². The maximum Gasteiger partial charge on any atom is 0.244 e. The molecule has 1 amide bonds. The lowest BCUT2D eigenvalue weighted by Crippen LogP contribution is -2.23. The number of halogens is 1. The zero-order chi connectivity index (χ0) is 16.5. The van der Waals surface area contributed by atoms with Crippen molar-refractivity contribution in [2.24, 2.45) is 0 Å². The number of hydrogen-bond acceptors (Lipinski definition) is 2. The molecular weight excluding hydrogens is 293 g/mol. The van der Waals surface area contributed by atoms with Gasteiger partial charge in [0.1, 0.15) is 11.6 Å². The summed E-state index contributed by atoms with van der Waals surface area (Å²) in [6.07, 6.45) is 3.63. The molecule has 4 heteroatoms. The number of carbonyl (C=O) groups excluding carboxylic acids is 1. The van der Waals surface area contributed by atoms with Crippen LogP contribution < -0.4 is 10.1 Å². The third-order valence-corrected chi connectivity index (χ3v) is 3.28. The fraction of sp³-hybridized carbons (Fsp3) is 0.211. The van der Waals surface area contributed by atoms with Gasteiger partial charge in [-0.25, -0.2) is 4.39 Å². The molecule has 0 atom stereocenters. The van der Waals surface area contributed by atoms with Crippen LogP contribution >= 0.6 is 0 Å². The van der Waals surface area contributed by atoms with Crippen LogP contribution in [0.1, 0.15) is 18.1 Å². The van der Waals surface area contributed by atoms with Crippen LogP contribution in [0.5, 0.6) is 5.75 Å². The van der Waals surface area contributed by atoms with Gasteiger partial charge in [-0.3, -0.25) is 4.79 Å². The van der Waals surface area contributed by atoms with Crippen LogP contribution in [0.15, 0.2) is 54.6 Å². The number of carbonyl (C=O) groups is 1. The Morgan fingerprint density at radius 2 is 1.91 bits per heavy atom. The Kier molecular flexibility index (Phi) is 6.36. The lowest BCUT2D eigenvalue weighted by molar-refractivity contribution is -0.116. The smallest absolute Gasteiger partial charge is 0.244 e. The van der Waals surface area contributed by atoms with E-state index in [1.807, 2.05) is 31.2 Å². The molecular formula is C19H20FNO2. The van der Waals surface area contributed by atoms with Gasteiger partial charge in [-0.15, -0.1) is 0 Å². The van der Waals surface area contributed by atoms with E-state index in [0.717, 1.165) is 11.3 Å². The normalized spacial score (nSPS) is 10.7. The van der Waals surface area contributed by atoms with E-state index < -0.39 is 0 Å². The number of nitrogens with one attached hydrogen (secondary N) is 1. The number of para-hydroxylation sites is 1. The second kappa shape index (κ2) is 8.73. The number of rotatable bonds is 7. The monoisotopic (exact) mass is 313 g/mol. The van der Waals surface area contributed by atoms with Crippen LogP contribution in [-0.2, 0) is 11.2 Å². The fourth-order valence-corrected chi connectivity index (χ4v) is 2.15. The molecule has 0 unspecified atom stereocenters. The molecule has 23 heavy (non-hydrogen) atoms. The molecule has 0 saturated heterocycles. The SMILES string of the molecule is CCOc1ccccc1/C=C/C(=O)NCCc1ccccc1F. The minimum absolute atomic E-state index is 0.215. The van der Waals surface area contributed by atoms with Gasteiger partial charge >= 0.3 is 0 Å². The topological polar surface area (TPSA) is 38.3 Å². The Hall–Kier alpha value is -2.62. The van der Waals surface area contributed by atoms with E-state index in [9.17, 15) is 9.18 Å². The molecule has 0 aliphatic heterocycles. The lowest BCUT2D eigenvalue weighted by Gasteiger charge is -2.06. The van der Waals surface area contributed by atoms with Gasteiger partial charge in [0.2, 0.25) is 5.91 Å². The maximum absolute atomic E-state index is 13.5. The van der Waals surface area contributed by atoms with Crippen molar-refractivity contribution in [3.63, 3.8) is 0 Å². The van der Waals surface area contributed by atoms with Crippen LogP contribution in [0, 0.1) is 5.82 Å². The van der Waals surface area contributed by atoms with Gasteiger partial charge < -0.3 is 10.1 Å². The lowest BCUT2D eigenvalue weighted by atomic mass is 10.1. The van der Waals surface area contributed by atoms with Crippen LogP contribution in [0.4, 0.5) is 4.39 Å². The Labute approximate surface area is 135 Å². The third-order valence-electron chi connectivity index (χ3n) is 3.28. The van der Waals surface area contributed by atoms with Gasteiger partial charge in [0, 0.05) is 18.2 Å². The standard InChI is InChI=1S/C19H20FNO2/c1-2-23-18-10-6-4-8-16(18)11-12-19(22)21-14-13-15-7-3-5-9-17(15)20/h3-12H,2,13-14H2,1H3,(H,21,22)/b12-11+. The van der Waals surface area contributed by atoms with Crippen molar-refractivity contribution < 1.29 is 13.9 Å². The number of hydrogen-bond donors (Lipinski definition) is 1. The molecule has 0 aliphatic rings. The van der Waals surface area contributed by atoms with Crippen molar-refractivity contribution in [2.75, 3.05) is 13.2 Å². The molecule has 0 heterocycles. The molecule has 2 aromatic rings. The summed E-state index contributed by atoms with van der Waals surface area (Å²) in [4.78, 5) is 11.8. The van der Waals surface area contributed by atoms with E-state index in [2.05, 4.69) is 5.32 Å². The Morgan fingerprint density at radius 1 is 1.17 bits per heavy atom. The quantitative estimate of drug-likeness (QED) is 0.793. The largest absolute Gasteiger partial charge is 0.493 e. The summed E-state index contributed by atoms with van der Waals surface area (Å²) < 4.78 is 19.0.